The van der Waals surface area contributed by atoms with Gasteiger partial charge in [0.15, 0.2) is 17.8 Å². The number of pyridine rings is 1. The van der Waals surface area contributed by atoms with Crippen molar-refractivity contribution in [1.82, 2.24) is 9.88 Å². The summed E-state index contributed by atoms with van der Waals surface area (Å²) < 4.78 is 5.32. The maximum Gasteiger partial charge on any atom is 0.161 e. The molecule has 1 saturated heterocycles. The second kappa shape index (κ2) is 9.50. The summed E-state index contributed by atoms with van der Waals surface area (Å²) in [7, 11) is 5.86. The third kappa shape index (κ3) is 4.47. The first-order chi connectivity index (χ1) is 16.9. The van der Waals surface area contributed by atoms with Crippen LogP contribution in [0.4, 0.5) is 5.69 Å². The number of carbonyl (C=O) groups is 1. The Kier molecular flexibility index (Phi) is 6.41. The van der Waals surface area contributed by atoms with Crippen molar-refractivity contribution in [3.63, 3.8) is 0 Å². The molecule has 2 aromatic carbocycles. The summed E-state index contributed by atoms with van der Waals surface area (Å²) in [6, 6.07) is 12.2. The number of piperidine rings is 1. The summed E-state index contributed by atoms with van der Waals surface area (Å²) in [6.45, 7) is 4.18. The minimum atomic E-state index is 0.117. The van der Waals surface area contributed by atoms with Crippen molar-refractivity contribution < 1.29 is 14.6 Å². The molecule has 1 unspecified atom stereocenters. The molecular formula is C29H35N3O3. The minimum Gasteiger partial charge on any atom is -0.504 e. The van der Waals surface area contributed by atoms with Crippen LogP contribution in [0.15, 0.2) is 36.4 Å². The highest BCUT2D eigenvalue weighted by Crippen LogP contribution is 2.45. The number of benzene rings is 2. The number of carbonyl (C=O) groups excluding carboxylic acids is 1. The summed E-state index contributed by atoms with van der Waals surface area (Å²) in [5.74, 6) is 1.60. The molecule has 184 valence electrons. The van der Waals surface area contributed by atoms with Crippen molar-refractivity contribution in [2.45, 2.75) is 44.6 Å². The van der Waals surface area contributed by atoms with Gasteiger partial charge in [-0.15, -0.1) is 0 Å². The molecule has 6 nitrogen and oxygen atoms in total. The number of methoxy groups -OCH3 is 1. The van der Waals surface area contributed by atoms with Gasteiger partial charge in [0.05, 0.1) is 29.6 Å². The molecule has 2 fully saturated rings. The van der Waals surface area contributed by atoms with E-state index in [1.807, 2.05) is 12.1 Å². The van der Waals surface area contributed by atoms with Crippen LogP contribution in [0.25, 0.3) is 22.0 Å². The molecule has 1 saturated carbocycles. The van der Waals surface area contributed by atoms with Crippen molar-refractivity contribution in [3.8, 4) is 22.6 Å². The minimum absolute atomic E-state index is 0.117. The predicted molar refractivity (Wildman–Crippen MR) is 141 cm³/mol. The number of aromatic hydroxyl groups is 1. The van der Waals surface area contributed by atoms with Gasteiger partial charge in [-0.3, -0.25) is 9.78 Å². The number of rotatable bonds is 7. The number of nitrogens with zero attached hydrogens (tertiary/aromatic N) is 3. The third-order valence-corrected chi connectivity index (χ3v) is 7.97. The van der Waals surface area contributed by atoms with Gasteiger partial charge < -0.3 is 19.6 Å². The lowest BCUT2D eigenvalue weighted by Gasteiger charge is -2.39. The van der Waals surface area contributed by atoms with E-state index in [0.717, 1.165) is 84.0 Å². The molecule has 1 atom stereocenters. The predicted octanol–water partition coefficient (Wildman–Crippen LogP) is 5.47. The first kappa shape index (κ1) is 23.6. The van der Waals surface area contributed by atoms with Crippen LogP contribution in [0, 0.1) is 5.92 Å². The molecule has 2 heterocycles. The van der Waals surface area contributed by atoms with E-state index in [0.29, 0.717) is 23.6 Å². The summed E-state index contributed by atoms with van der Waals surface area (Å²) >= 11 is 0. The fourth-order valence-electron chi connectivity index (χ4n) is 5.47. The number of aromatic nitrogens is 1. The average molecular weight is 474 g/mol. The van der Waals surface area contributed by atoms with Gasteiger partial charge in [0, 0.05) is 30.4 Å². The maximum absolute atomic E-state index is 12.5. The normalized spacial score (nSPS) is 17.7. The summed E-state index contributed by atoms with van der Waals surface area (Å²) in [5, 5.41) is 11.0. The van der Waals surface area contributed by atoms with Gasteiger partial charge in [0.2, 0.25) is 0 Å². The van der Waals surface area contributed by atoms with Crippen LogP contribution in [-0.4, -0.2) is 61.6 Å². The van der Waals surface area contributed by atoms with Crippen LogP contribution < -0.4 is 9.64 Å². The van der Waals surface area contributed by atoms with Crippen molar-refractivity contribution >= 4 is 22.9 Å². The number of hydrogen-bond donors (Lipinski definition) is 1. The van der Waals surface area contributed by atoms with E-state index in [1.54, 1.807) is 13.2 Å². The van der Waals surface area contributed by atoms with Gasteiger partial charge >= 0.3 is 0 Å². The average Bonchev–Trinajstić information content (AvgIpc) is 3.72. The van der Waals surface area contributed by atoms with Crippen LogP contribution >= 0.6 is 0 Å². The molecule has 2 aliphatic rings. The lowest BCUT2D eigenvalue weighted by Crippen LogP contribution is -2.42. The molecule has 1 N–H and O–H groups in total. The number of phenolic OH excluding ortho intramolecular Hbond substituents is 1. The fraction of sp³-hybridized carbons (Fsp3) is 0.448. The van der Waals surface area contributed by atoms with Crippen molar-refractivity contribution in [1.29, 1.82) is 0 Å². The van der Waals surface area contributed by atoms with Gasteiger partial charge in [-0.2, -0.15) is 0 Å². The first-order valence-corrected chi connectivity index (χ1v) is 12.6. The lowest BCUT2D eigenvalue weighted by atomic mass is 9.88. The van der Waals surface area contributed by atoms with Crippen LogP contribution in [0.1, 0.15) is 54.6 Å². The molecule has 0 spiro atoms. The van der Waals surface area contributed by atoms with Gasteiger partial charge in [-0.1, -0.05) is 12.1 Å². The summed E-state index contributed by atoms with van der Waals surface area (Å²) in [5.41, 5.74) is 5.65. The van der Waals surface area contributed by atoms with Gasteiger partial charge in [-0.25, -0.2) is 0 Å². The molecule has 1 aromatic heterocycles. The number of fused-ring (bicyclic) bond motifs is 1. The van der Waals surface area contributed by atoms with E-state index in [1.165, 1.54) is 0 Å². The second-order valence-electron chi connectivity index (χ2n) is 10.3. The monoisotopic (exact) mass is 473 g/mol. The van der Waals surface area contributed by atoms with Crippen LogP contribution in [0.2, 0.25) is 0 Å². The van der Waals surface area contributed by atoms with Crippen molar-refractivity contribution in [2.24, 2.45) is 5.92 Å². The molecule has 3 aromatic rings. The van der Waals surface area contributed by atoms with E-state index >= 15 is 0 Å². The first-order valence-electron chi connectivity index (χ1n) is 12.6. The molecule has 0 bridgehead atoms. The standard InChI is InChI=1S/C29H35N3O3/c1-18(31(2)3)19-11-13-32(14-12-19)29-23-15-21(22-8-10-26(34)27(16-22)35-4)7-9-25(23)30-28(20-5-6-20)24(29)17-33/h7-10,15-20,34H,5-6,11-14H2,1-4H3. The van der Waals surface area contributed by atoms with E-state index in [2.05, 4.69) is 49.0 Å². The number of aldehydes is 1. The zero-order valence-corrected chi connectivity index (χ0v) is 21.1. The highest BCUT2D eigenvalue weighted by molar-refractivity contribution is 6.03. The van der Waals surface area contributed by atoms with E-state index in [9.17, 15) is 9.90 Å². The van der Waals surface area contributed by atoms with E-state index in [-0.39, 0.29) is 5.75 Å². The summed E-state index contributed by atoms with van der Waals surface area (Å²) in [6.07, 6.45) is 5.45. The van der Waals surface area contributed by atoms with Crippen molar-refractivity contribution in [2.75, 3.05) is 39.2 Å². The molecule has 6 heteroatoms. The Bertz CT molecular complexity index is 1240. The Morgan fingerprint density at radius 1 is 1.09 bits per heavy atom. The zero-order valence-electron chi connectivity index (χ0n) is 21.1. The fourth-order valence-corrected chi connectivity index (χ4v) is 5.47. The molecule has 0 radical (unpaired) electrons. The van der Waals surface area contributed by atoms with Gasteiger partial charge in [0.25, 0.3) is 0 Å². The van der Waals surface area contributed by atoms with Crippen molar-refractivity contribution in [3.05, 3.63) is 47.7 Å². The Hall–Kier alpha value is -3.12. The molecule has 0 amide bonds. The molecule has 5 rings (SSSR count). The van der Waals surface area contributed by atoms with Gasteiger partial charge in [-0.05, 0) is 88.0 Å². The van der Waals surface area contributed by atoms with Crippen LogP contribution in [-0.2, 0) is 0 Å². The maximum atomic E-state index is 12.5. The quantitative estimate of drug-likeness (QED) is 0.459. The van der Waals surface area contributed by atoms with Gasteiger partial charge in [0.1, 0.15) is 0 Å². The third-order valence-electron chi connectivity index (χ3n) is 7.97. The molecule has 1 aliphatic carbocycles. The van der Waals surface area contributed by atoms with E-state index in [4.69, 9.17) is 9.72 Å². The second-order valence-corrected chi connectivity index (χ2v) is 10.3. The number of phenols is 1. The lowest BCUT2D eigenvalue weighted by molar-refractivity contribution is 0.112. The number of ether oxygens (including phenoxy) is 1. The smallest absolute Gasteiger partial charge is 0.161 e. The Balaban J connectivity index is 1.60. The zero-order chi connectivity index (χ0) is 24.7. The Morgan fingerprint density at radius 3 is 2.40 bits per heavy atom. The molecule has 1 aliphatic heterocycles. The SMILES string of the molecule is COc1cc(-c2ccc3nc(C4CC4)c(C=O)c(N4CCC(C(C)N(C)C)CC4)c3c2)ccc1O. The Labute approximate surface area is 207 Å². The molecule has 35 heavy (non-hydrogen) atoms. The van der Waals surface area contributed by atoms with E-state index < -0.39 is 0 Å². The Morgan fingerprint density at radius 2 is 1.77 bits per heavy atom. The highest BCUT2D eigenvalue weighted by Gasteiger charge is 2.33. The summed E-state index contributed by atoms with van der Waals surface area (Å²) in [4.78, 5) is 22.2. The number of hydrogen-bond acceptors (Lipinski definition) is 6. The van der Waals surface area contributed by atoms with Crippen LogP contribution in [0.3, 0.4) is 0 Å². The number of anilines is 1. The highest BCUT2D eigenvalue weighted by atomic mass is 16.5. The topological polar surface area (TPSA) is 65.9 Å². The largest absolute Gasteiger partial charge is 0.504 e. The van der Waals surface area contributed by atoms with Crippen LogP contribution in [0.5, 0.6) is 11.5 Å². The molecular weight excluding hydrogens is 438 g/mol.